The van der Waals surface area contributed by atoms with Gasteiger partial charge in [0.25, 0.3) is 5.91 Å². The topological polar surface area (TPSA) is 67.8 Å². The zero-order chi connectivity index (χ0) is 13.1. The normalized spacial score (nSPS) is 15.8. The molecule has 0 unspecified atom stereocenters. The van der Waals surface area contributed by atoms with Gasteiger partial charge in [0.1, 0.15) is 5.69 Å². The summed E-state index contributed by atoms with van der Waals surface area (Å²) in [5.74, 6) is -0.178. The molecule has 1 aliphatic rings. The Hall–Kier alpha value is -2.30. The molecular weight excluding hydrogens is 240 g/mol. The van der Waals surface area contributed by atoms with E-state index in [-0.39, 0.29) is 11.3 Å². The standard InChI is InChI=1S/C14H14N4O/c19-13(12-9-16-6-7-17-12)18-10-14(3-4-14)11-2-1-5-15-8-11/h1-2,5-9H,3-4,10H2,(H,18,19). The van der Waals surface area contributed by atoms with Gasteiger partial charge in [0.05, 0.1) is 6.20 Å². The van der Waals surface area contributed by atoms with E-state index in [0.29, 0.717) is 12.2 Å². The average molecular weight is 254 g/mol. The predicted octanol–water partition coefficient (Wildman–Crippen LogP) is 1.33. The molecule has 3 rings (SSSR count). The van der Waals surface area contributed by atoms with E-state index < -0.39 is 0 Å². The van der Waals surface area contributed by atoms with Gasteiger partial charge in [-0.25, -0.2) is 4.98 Å². The van der Waals surface area contributed by atoms with E-state index >= 15 is 0 Å². The Balaban J connectivity index is 1.66. The first-order chi connectivity index (χ1) is 9.30. The molecule has 96 valence electrons. The minimum absolute atomic E-state index is 0.0616. The van der Waals surface area contributed by atoms with Crippen molar-refractivity contribution in [3.05, 3.63) is 54.4 Å². The molecule has 1 amide bonds. The van der Waals surface area contributed by atoms with Gasteiger partial charge in [-0.05, 0) is 24.5 Å². The number of carbonyl (C=O) groups excluding carboxylic acids is 1. The van der Waals surface area contributed by atoms with Crippen molar-refractivity contribution in [2.45, 2.75) is 18.3 Å². The number of nitrogens with zero attached hydrogens (tertiary/aromatic N) is 3. The van der Waals surface area contributed by atoms with Crippen LogP contribution >= 0.6 is 0 Å². The lowest BCUT2D eigenvalue weighted by Gasteiger charge is -2.15. The van der Waals surface area contributed by atoms with Crippen LogP contribution < -0.4 is 5.32 Å². The maximum Gasteiger partial charge on any atom is 0.271 e. The summed E-state index contributed by atoms with van der Waals surface area (Å²) in [6.45, 7) is 0.619. The fourth-order valence-corrected chi connectivity index (χ4v) is 2.15. The summed E-state index contributed by atoms with van der Waals surface area (Å²) in [6.07, 6.45) is 10.3. The molecule has 0 radical (unpaired) electrons. The Kier molecular flexibility index (Phi) is 2.95. The zero-order valence-corrected chi connectivity index (χ0v) is 10.4. The molecule has 0 bridgehead atoms. The molecule has 0 atom stereocenters. The summed E-state index contributed by atoms with van der Waals surface area (Å²) in [6, 6.07) is 3.99. The van der Waals surface area contributed by atoms with E-state index in [9.17, 15) is 4.79 Å². The fourth-order valence-electron chi connectivity index (χ4n) is 2.15. The highest BCUT2D eigenvalue weighted by molar-refractivity contribution is 5.91. The number of rotatable bonds is 4. The summed E-state index contributed by atoms with van der Waals surface area (Å²) >= 11 is 0. The molecule has 5 heteroatoms. The Labute approximate surface area is 111 Å². The van der Waals surface area contributed by atoms with Crippen LogP contribution in [0.1, 0.15) is 28.9 Å². The summed E-state index contributed by atoms with van der Waals surface area (Å²) < 4.78 is 0. The highest BCUT2D eigenvalue weighted by Gasteiger charge is 2.44. The van der Waals surface area contributed by atoms with E-state index in [1.165, 1.54) is 18.0 Å². The Morgan fingerprint density at radius 1 is 1.21 bits per heavy atom. The molecule has 5 nitrogen and oxygen atoms in total. The first-order valence-corrected chi connectivity index (χ1v) is 6.25. The van der Waals surface area contributed by atoms with Crippen LogP contribution in [0.5, 0.6) is 0 Å². The number of pyridine rings is 1. The second-order valence-electron chi connectivity index (χ2n) is 4.80. The van der Waals surface area contributed by atoms with Gasteiger partial charge in [-0.2, -0.15) is 0 Å². The second kappa shape index (κ2) is 4.76. The van der Waals surface area contributed by atoms with Crippen molar-refractivity contribution in [2.75, 3.05) is 6.54 Å². The lowest BCUT2D eigenvalue weighted by Crippen LogP contribution is -2.32. The van der Waals surface area contributed by atoms with E-state index in [4.69, 9.17) is 0 Å². The molecule has 2 aromatic rings. The average Bonchev–Trinajstić information content (AvgIpc) is 3.28. The van der Waals surface area contributed by atoms with Crippen molar-refractivity contribution in [1.29, 1.82) is 0 Å². The van der Waals surface area contributed by atoms with Crippen LogP contribution in [0.3, 0.4) is 0 Å². The third-order valence-electron chi connectivity index (χ3n) is 3.51. The number of hydrogen-bond donors (Lipinski definition) is 1. The minimum atomic E-state index is -0.178. The molecule has 1 aliphatic carbocycles. The highest BCUT2D eigenvalue weighted by Crippen LogP contribution is 2.47. The van der Waals surface area contributed by atoms with Gasteiger partial charge in [0, 0.05) is 36.7 Å². The maximum atomic E-state index is 11.9. The SMILES string of the molecule is O=C(NCC1(c2cccnc2)CC1)c1cnccn1. The van der Waals surface area contributed by atoms with Crippen LogP contribution in [-0.2, 0) is 5.41 Å². The Bertz CT molecular complexity index is 567. The first-order valence-electron chi connectivity index (χ1n) is 6.25. The largest absolute Gasteiger partial charge is 0.350 e. The van der Waals surface area contributed by atoms with Crippen molar-refractivity contribution in [3.63, 3.8) is 0 Å². The molecule has 0 aliphatic heterocycles. The van der Waals surface area contributed by atoms with E-state index in [2.05, 4.69) is 26.3 Å². The van der Waals surface area contributed by atoms with Crippen LogP contribution in [0.25, 0.3) is 0 Å². The minimum Gasteiger partial charge on any atom is -0.350 e. The van der Waals surface area contributed by atoms with Gasteiger partial charge < -0.3 is 5.32 Å². The van der Waals surface area contributed by atoms with Crippen LogP contribution in [0.15, 0.2) is 43.1 Å². The van der Waals surface area contributed by atoms with Crippen LogP contribution in [0, 0.1) is 0 Å². The second-order valence-corrected chi connectivity index (χ2v) is 4.80. The number of hydrogen-bond acceptors (Lipinski definition) is 4. The van der Waals surface area contributed by atoms with Crippen LogP contribution in [-0.4, -0.2) is 27.4 Å². The summed E-state index contributed by atoms with van der Waals surface area (Å²) in [5.41, 5.74) is 1.60. The summed E-state index contributed by atoms with van der Waals surface area (Å²) in [7, 11) is 0. The van der Waals surface area contributed by atoms with Gasteiger partial charge in [-0.3, -0.25) is 14.8 Å². The summed E-state index contributed by atoms with van der Waals surface area (Å²) in [4.78, 5) is 23.9. The predicted molar refractivity (Wildman–Crippen MR) is 69.5 cm³/mol. The van der Waals surface area contributed by atoms with Gasteiger partial charge in [-0.15, -0.1) is 0 Å². The van der Waals surface area contributed by atoms with E-state index in [1.54, 1.807) is 12.4 Å². The highest BCUT2D eigenvalue weighted by atomic mass is 16.1. The molecule has 1 fully saturated rings. The van der Waals surface area contributed by atoms with Crippen LogP contribution in [0.4, 0.5) is 0 Å². The molecule has 0 aromatic carbocycles. The molecule has 0 spiro atoms. The quantitative estimate of drug-likeness (QED) is 0.893. The van der Waals surface area contributed by atoms with Crippen molar-refractivity contribution >= 4 is 5.91 Å². The van der Waals surface area contributed by atoms with E-state index in [1.807, 2.05) is 12.3 Å². The fraction of sp³-hybridized carbons (Fsp3) is 0.286. The number of amides is 1. The number of aromatic nitrogens is 3. The van der Waals surface area contributed by atoms with Crippen molar-refractivity contribution in [2.24, 2.45) is 0 Å². The molecule has 0 saturated heterocycles. The van der Waals surface area contributed by atoms with E-state index in [0.717, 1.165) is 12.8 Å². The number of carbonyl (C=O) groups is 1. The number of nitrogens with one attached hydrogen (secondary N) is 1. The van der Waals surface area contributed by atoms with Gasteiger partial charge in [-0.1, -0.05) is 6.07 Å². The Morgan fingerprint density at radius 2 is 2.05 bits per heavy atom. The molecule has 2 heterocycles. The van der Waals surface area contributed by atoms with Gasteiger partial charge >= 0.3 is 0 Å². The zero-order valence-electron chi connectivity index (χ0n) is 10.4. The lowest BCUT2D eigenvalue weighted by atomic mass is 9.98. The molecule has 19 heavy (non-hydrogen) atoms. The lowest BCUT2D eigenvalue weighted by molar-refractivity contribution is 0.0944. The van der Waals surface area contributed by atoms with Crippen molar-refractivity contribution in [3.8, 4) is 0 Å². The first kappa shape index (κ1) is 11.8. The molecular formula is C14H14N4O. The van der Waals surface area contributed by atoms with Gasteiger partial charge in [0.15, 0.2) is 0 Å². The molecule has 1 saturated carbocycles. The van der Waals surface area contributed by atoms with Crippen molar-refractivity contribution in [1.82, 2.24) is 20.3 Å². The third-order valence-corrected chi connectivity index (χ3v) is 3.51. The Morgan fingerprint density at radius 3 is 2.68 bits per heavy atom. The molecule has 2 aromatic heterocycles. The third kappa shape index (κ3) is 2.45. The van der Waals surface area contributed by atoms with Crippen molar-refractivity contribution < 1.29 is 4.79 Å². The smallest absolute Gasteiger partial charge is 0.271 e. The van der Waals surface area contributed by atoms with Crippen LogP contribution in [0.2, 0.25) is 0 Å². The monoisotopic (exact) mass is 254 g/mol. The van der Waals surface area contributed by atoms with Gasteiger partial charge in [0.2, 0.25) is 0 Å². The maximum absolute atomic E-state index is 11.9. The molecule has 1 N–H and O–H groups in total. The summed E-state index contributed by atoms with van der Waals surface area (Å²) in [5, 5.41) is 2.93.